The van der Waals surface area contributed by atoms with E-state index in [0.29, 0.717) is 23.8 Å². The molecule has 0 saturated carbocycles. The molecule has 0 amide bonds. The first-order valence-electron chi connectivity index (χ1n) is 11.8. The molecule has 2 aromatic carbocycles. The summed E-state index contributed by atoms with van der Waals surface area (Å²) in [5.41, 5.74) is 1.69. The largest absolute Gasteiger partial charge is 0.494 e. The molecule has 0 aromatic heterocycles. The molecule has 31 heavy (non-hydrogen) atoms. The lowest BCUT2D eigenvalue weighted by Gasteiger charge is -2.13. The van der Waals surface area contributed by atoms with Crippen LogP contribution in [0.2, 0.25) is 0 Å². The topological polar surface area (TPSA) is 44.8 Å². The van der Waals surface area contributed by atoms with Crippen molar-refractivity contribution < 1.29 is 19.0 Å². The lowest BCUT2D eigenvalue weighted by atomic mass is 10.0. The minimum absolute atomic E-state index is 0.292. The van der Waals surface area contributed by atoms with Crippen molar-refractivity contribution in [1.29, 1.82) is 0 Å². The highest BCUT2D eigenvalue weighted by atomic mass is 16.5. The van der Waals surface area contributed by atoms with Crippen LogP contribution in [-0.2, 0) is 4.74 Å². The van der Waals surface area contributed by atoms with Crippen LogP contribution in [0.25, 0.3) is 0 Å². The number of ether oxygens (including phenoxy) is 3. The van der Waals surface area contributed by atoms with Gasteiger partial charge >= 0.3 is 5.97 Å². The fraction of sp³-hybridized carbons (Fsp3) is 0.519. The van der Waals surface area contributed by atoms with E-state index in [1.165, 1.54) is 32.1 Å². The van der Waals surface area contributed by atoms with Gasteiger partial charge in [-0.25, -0.2) is 4.79 Å². The SMILES string of the molecule is CCCCCCCCOc1ccc(OC(=O)c2ccc(C(C)COCCC)cc2)cc1. The number of hydrogen-bond donors (Lipinski definition) is 0. The summed E-state index contributed by atoms with van der Waals surface area (Å²) in [6, 6.07) is 14.8. The third kappa shape index (κ3) is 9.56. The highest BCUT2D eigenvalue weighted by Gasteiger charge is 2.11. The van der Waals surface area contributed by atoms with Crippen LogP contribution in [-0.4, -0.2) is 25.8 Å². The molecule has 0 aliphatic carbocycles. The molecule has 0 spiro atoms. The maximum absolute atomic E-state index is 12.4. The molecule has 0 aliphatic heterocycles. The number of benzene rings is 2. The number of hydrogen-bond acceptors (Lipinski definition) is 4. The predicted molar refractivity (Wildman–Crippen MR) is 126 cm³/mol. The van der Waals surface area contributed by atoms with Crippen LogP contribution >= 0.6 is 0 Å². The molecule has 1 atom stereocenters. The van der Waals surface area contributed by atoms with Gasteiger partial charge in [-0.15, -0.1) is 0 Å². The summed E-state index contributed by atoms with van der Waals surface area (Å²) in [5.74, 6) is 1.25. The van der Waals surface area contributed by atoms with Crippen molar-refractivity contribution in [2.75, 3.05) is 19.8 Å². The smallest absolute Gasteiger partial charge is 0.343 e. The van der Waals surface area contributed by atoms with Crippen molar-refractivity contribution in [3.63, 3.8) is 0 Å². The molecule has 2 rings (SSSR count). The van der Waals surface area contributed by atoms with Crippen molar-refractivity contribution in [2.24, 2.45) is 0 Å². The average molecular weight is 427 g/mol. The average Bonchev–Trinajstić information content (AvgIpc) is 2.79. The molecule has 0 aliphatic rings. The van der Waals surface area contributed by atoms with E-state index >= 15 is 0 Å². The molecular weight excluding hydrogens is 388 g/mol. The van der Waals surface area contributed by atoms with Gasteiger partial charge in [-0.1, -0.05) is 65.0 Å². The second-order valence-electron chi connectivity index (χ2n) is 8.08. The van der Waals surface area contributed by atoms with E-state index in [9.17, 15) is 4.79 Å². The van der Waals surface area contributed by atoms with Gasteiger partial charge in [0, 0.05) is 12.5 Å². The monoisotopic (exact) mass is 426 g/mol. The Hall–Kier alpha value is -2.33. The Labute approximate surface area is 187 Å². The van der Waals surface area contributed by atoms with E-state index in [1.807, 2.05) is 36.4 Å². The van der Waals surface area contributed by atoms with Gasteiger partial charge in [0.1, 0.15) is 11.5 Å². The van der Waals surface area contributed by atoms with Gasteiger partial charge in [-0.2, -0.15) is 0 Å². The second kappa shape index (κ2) is 14.6. The van der Waals surface area contributed by atoms with Gasteiger partial charge in [0.25, 0.3) is 0 Å². The van der Waals surface area contributed by atoms with Crippen molar-refractivity contribution >= 4 is 5.97 Å². The molecule has 0 saturated heterocycles. The zero-order valence-corrected chi connectivity index (χ0v) is 19.4. The van der Waals surface area contributed by atoms with E-state index in [-0.39, 0.29) is 5.97 Å². The maximum Gasteiger partial charge on any atom is 0.343 e. The number of esters is 1. The Bertz CT molecular complexity index is 737. The Balaban J connectivity index is 1.75. The molecule has 1 unspecified atom stereocenters. The zero-order valence-electron chi connectivity index (χ0n) is 19.4. The maximum atomic E-state index is 12.4. The summed E-state index contributed by atoms with van der Waals surface area (Å²) in [7, 11) is 0. The van der Waals surface area contributed by atoms with E-state index < -0.39 is 0 Å². The van der Waals surface area contributed by atoms with Crippen LogP contribution in [0.15, 0.2) is 48.5 Å². The van der Waals surface area contributed by atoms with Gasteiger partial charge in [0.2, 0.25) is 0 Å². The molecule has 0 bridgehead atoms. The Morgan fingerprint density at radius 1 is 0.774 bits per heavy atom. The highest BCUT2D eigenvalue weighted by molar-refractivity contribution is 5.91. The molecular formula is C27H38O4. The summed E-state index contributed by atoms with van der Waals surface area (Å²) in [6.07, 6.45) is 8.47. The Morgan fingerprint density at radius 2 is 1.42 bits per heavy atom. The van der Waals surface area contributed by atoms with Crippen LogP contribution in [0, 0.1) is 0 Å². The number of rotatable bonds is 15. The third-order valence-electron chi connectivity index (χ3n) is 5.23. The van der Waals surface area contributed by atoms with Crippen LogP contribution in [0.3, 0.4) is 0 Å². The number of carbonyl (C=O) groups is 1. The standard InChI is InChI=1S/C27H38O4/c1-4-6-7-8-9-10-20-30-25-15-17-26(18-16-25)31-27(28)24-13-11-23(12-14-24)22(3)21-29-19-5-2/h11-18,22H,4-10,19-21H2,1-3H3. The van der Waals surface area contributed by atoms with E-state index in [0.717, 1.165) is 37.4 Å². The van der Waals surface area contributed by atoms with Crippen molar-refractivity contribution in [3.05, 3.63) is 59.7 Å². The third-order valence-corrected chi connectivity index (χ3v) is 5.23. The van der Waals surface area contributed by atoms with E-state index in [4.69, 9.17) is 14.2 Å². The highest BCUT2D eigenvalue weighted by Crippen LogP contribution is 2.21. The Kier molecular flexibility index (Phi) is 11.8. The van der Waals surface area contributed by atoms with Crippen LogP contribution in [0.4, 0.5) is 0 Å². The molecule has 170 valence electrons. The molecule has 4 nitrogen and oxygen atoms in total. The van der Waals surface area contributed by atoms with Gasteiger partial charge in [0.15, 0.2) is 0 Å². The molecule has 0 radical (unpaired) electrons. The lowest BCUT2D eigenvalue weighted by Crippen LogP contribution is -2.09. The number of carbonyl (C=O) groups excluding carboxylic acids is 1. The fourth-order valence-corrected chi connectivity index (χ4v) is 3.29. The first kappa shape index (κ1) is 24.9. The summed E-state index contributed by atoms with van der Waals surface area (Å²) < 4.78 is 16.9. The van der Waals surface area contributed by atoms with Crippen molar-refractivity contribution in [1.82, 2.24) is 0 Å². The van der Waals surface area contributed by atoms with Crippen LogP contribution in [0.5, 0.6) is 11.5 Å². The second-order valence-corrected chi connectivity index (χ2v) is 8.08. The first-order valence-corrected chi connectivity index (χ1v) is 11.8. The van der Waals surface area contributed by atoms with Gasteiger partial charge in [-0.05, 0) is 54.8 Å². The molecule has 0 heterocycles. The quantitative estimate of drug-likeness (QED) is 0.172. The summed E-state index contributed by atoms with van der Waals surface area (Å²) in [5, 5.41) is 0. The van der Waals surface area contributed by atoms with Gasteiger partial charge in [-0.3, -0.25) is 0 Å². The van der Waals surface area contributed by atoms with Crippen LogP contribution < -0.4 is 9.47 Å². The summed E-state index contributed by atoms with van der Waals surface area (Å²) >= 11 is 0. The predicted octanol–water partition coefficient (Wildman–Crippen LogP) is 7.18. The minimum Gasteiger partial charge on any atom is -0.494 e. The normalized spacial score (nSPS) is 11.8. The first-order chi connectivity index (χ1) is 15.1. The van der Waals surface area contributed by atoms with E-state index in [1.54, 1.807) is 12.1 Å². The fourth-order valence-electron chi connectivity index (χ4n) is 3.29. The van der Waals surface area contributed by atoms with E-state index in [2.05, 4.69) is 20.8 Å². The molecule has 4 heteroatoms. The number of unbranched alkanes of at least 4 members (excludes halogenated alkanes) is 5. The van der Waals surface area contributed by atoms with Crippen molar-refractivity contribution in [3.8, 4) is 11.5 Å². The summed E-state index contributed by atoms with van der Waals surface area (Å²) in [6.45, 7) is 8.63. The molecule has 2 aromatic rings. The van der Waals surface area contributed by atoms with Gasteiger partial charge < -0.3 is 14.2 Å². The molecule has 0 N–H and O–H groups in total. The van der Waals surface area contributed by atoms with Crippen LogP contribution in [0.1, 0.15) is 87.6 Å². The lowest BCUT2D eigenvalue weighted by molar-refractivity contribution is 0.0734. The minimum atomic E-state index is -0.359. The Morgan fingerprint density at radius 3 is 2.10 bits per heavy atom. The zero-order chi connectivity index (χ0) is 22.3. The molecule has 0 fully saturated rings. The van der Waals surface area contributed by atoms with Gasteiger partial charge in [0.05, 0.1) is 18.8 Å². The van der Waals surface area contributed by atoms with Crippen molar-refractivity contribution in [2.45, 2.75) is 71.6 Å². The summed E-state index contributed by atoms with van der Waals surface area (Å²) in [4.78, 5) is 12.4.